The highest BCUT2D eigenvalue weighted by Gasteiger charge is 2.24. The van der Waals surface area contributed by atoms with E-state index in [-0.39, 0.29) is 12.0 Å². The number of nitrogens with zero attached hydrogens (tertiary/aromatic N) is 3. The number of hydrogen-bond donors (Lipinski definition) is 0. The number of ether oxygens (including phenoxy) is 2. The molecule has 0 unspecified atom stereocenters. The Morgan fingerprint density at radius 2 is 1.96 bits per heavy atom. The van der Waals surface area contributed by atoms with Gasteiger partial charge in [0.25, 0.3) is 0 Å². The maximum absolute atomic E-state index is 6.04. The fraction of sp³-hybridized carbons (Fsp3) is 0.429. The first-order valence-electron chi connectivity index (χ1n) is 9.36. The van der Waals surface area contributed by atoms with Gasteiger partial charge in [0.2, 0.25) is 11.8 Å². The van der Waals surface area contributed by atoms with Gasteiger partial charge in [-0.05, 0) is 34.5 Å². The van der Waals surface area contributed by atoms with Crippen molar-refractivity contribution in [1.82, 2.24) is 15.1 Å². The van der Waals surface area contributed by atoms with Gasteiger partial charge in [0.05, 0.1) is 26.4 Å². The van der Waals surface area contributed by atoms with Crippen molar-refractivity contribution in [2.45, 2.75) is 32.4 Å². The number of morpholine rings is 1. The monoisotopic (exact) mass is 367 g/mol. The number of benzene rings is 2. The third-order valence-corrected chi connectivity index (χ3v) is 4.93. The van der Waals surface area contributed by atoms with Crippen LogP contribution >= 0.6 is 0 Å². The predicted octanol–water partition coefficient (Wildman–Crippen LogP) is 3.93. The van der Waals surface area contributed by atoms with Gasteiger partial charge in [-0.15, -0.1) is 10.2 Å². The second-order valence-corrected chi connectivity index (χ2v) is 7.26. The molecule has 1 aromatic heterocycles. The maximum Gasteiger partial charge on any atom is 0.230 e. The number of rotatable bonds is 5. The molecule has 1 saturated heterocycles. The van der Waals surface area contributed by atoms with Gasteiger partial charge in [-0.2, -0.15) is 0 Å². The number of fused-ring (bicyclic) bond motifs is 1. The van der Waals surface area contributed by atoms with Gasteiger partial charge >= 0.3 is 0 Å². The minimum Gasteiger partial charge on any atom is -0.497 e. The molecule has 3 aromatic rings. The van der Waals surface area contributed by atoms with Crippen molar-refractivity contribution in [3.63, 3.8) is 0 Å². The largest absolute Gasteiger partial charge is 0.497 e. The minimum atomic E-state index is 0.0396. The molecule has 0 spiro atoms. The molecule has 0 aliphatic carbocycles. The fourth-order valence-corrected chi connectivity index (χ4v) is 3.37. The van der Waals surface area contributed by atoms with Crippen LogP contribution in [0.3, 0.4) is 0 Å². The standard InChI is InChI=1S/C21H25N3O3/c1-14(2)21-23-22-20(27-21)13-24-8-9-26-19(12-24)17-5-4-16-11-18(25-3)7-6-15(16)10-17/h4-7,10-11,14,19H,8-9,12-13H2,1-3H3/t19-/m0/s1. The molecular formula is C21H25N3O3. The smallest absolute Gasteiger partial charge is 0.230 e. The van der Waals surface area contributed by atoms with Crippen LogP contribution in [-0.4, -0.2) is 41.9 Å². The molecule has 27 heavy (non-hydrogen) atoms. The van der Waals surface area contributed by atoms with E-state index in [1.165, 1.54) is 10.9 Å². The molecule has 1 atom stereocenters. The lowest BCUT2D eigenvalue weighted by Gasteiger charge is -2.32. The molecule has 1 aliphatic rings. The van der Waals surface area contributed by atoms with E-state index in [0.717, 1.165) is 24.2 Å². The molecule has 6 heteroatoms. The molecule has 6 nitrogen and oxygen atoms in total. The number of aromatic nitrogens is 2. The van der Waals surface area contributed by atoms with Gasteiger partial charge in [-0.25, -0.2) is 0 Å². The normalized spacial score (nSPS) is 18.3. The second-order valence-electron chi connectivity index (χ2n) is 7.26. The molecular weight excluding hydrogens is 342 g/mol. The Balaban J connectivity index is 1.48. The maximum atomic E-state index is 6.04. The van der Waals surface area contributed by atoms with E-state index in [9.17, 15) is 0 Å². The summed E-state index contributed by atoms with van der Waals surface area (Å²) >= 11 is 0. The molecule has 2 aromatic carbocycles. The van der Waals surface area contributed by atoms with Crippen LogP contribution in [0.2, 0.25) is 0 Å². The molecule has 4 rings (SSSR count). The van der Waals surface area contributed by atoms with Gasteiger partial charge < -0.3 is 13.9 Å². The van der Waals surface area contributed by atoms with E-state index in [1.807, 2.05) is 6.07 Å². The number of hydrogen-bond acceptors (Lipinski definition) is 6. The van der Waals surface area contributed by atoms with Crippen molar-refractivity contribution in [3.05, 3.63) is 53.7 Å². The van der Waals surface area contributed by atoms with Crippen LogP contribution in [0.4, 0.5) is 0 Å². The van der Waals surface area contributed by atoms with Crippen LogP contribution < -0.4 is 4.74 Å². The van der Waals surface area contributed by atoms with Crippen molar-refractivity contribution in [3.8, 4) is 5.75 Å². The zero-order valence-corrected chi connectivity index (χ0v) is 16.0. The lowest BCUT2D eigenvalue weighted by Crippen LogP contribution is -2.37. The lowest BCUT2D eigenvalue weighted by atomic mass is 10.0. The third-order valence-electron chi connectivity index (χ3n) is 4.93. The van der Waals surface area contributed by atoms with Crippen LogP contribution in [0.15, 0.2) is 40.8 Å². The Bertz CT molecular complexity index is 922. The van der Waals surface area contributed by atoms with Gasteiger partial charge in [-0.1, -0.05) is 32.0 Å². The van der Waals surface area contributed by atoms with Crippen molar-refractivity contribution in [1.29, 1.82) is 0 Å². The van der Waals surface area contributed by atoms with E-state index in [4.69, 9.17) is 13.9 Å². The van der Waals surface area contributed by atoms with Crippen LogP contribution in [0.25, 0.3) is 10.8 Å². The van der Waals surface area contributed by atoms with Crippen molar-refractivity contribution in [2.75, 3.05) is 26.8 Å². The van der Waals surface area contributed by atoms with E-state index in [0.29, 0.717) is 24.9 Å². The summed E-state index contributed by atoms with van der Waals surface area (Å²) in [5, 5.41) is 10.6. The van der Waals surface area contributed by atoms with Crippen molar-refractivity contribution in [2.24, 2.45) is 0 Å². The summed E-state index contributed by atoms with van der Waals surface area (Å²) in [5.41, 5.74) is 1.19. The summed E-state index contributed by atoms with van der Waals surface area (Å²) in [7, 11) is 1.69. The van der Waals surface area contributed by atoms with Crippen LogP contribution in [-0.2, 0) is 11.3 Å². The summed E-state index contributed by atoms with van der Waals surface area (Å²) in [6.45, 7) is 7.12. The van der Waals surface area contributed by atoms with Gasteiger partial charge in [0.15, 0.2) is 0 Å². The van der Waals surface area contributed by atoms with Gasteiger partial charge in [0, 0.05) is 19.0 Å². The van der Waals surface area contributed by atoms with Crippen LogP contribution in [0.1, 0.15) is 43.2 Å². The van der Waals surface area contributed by atoms with Gasteiger partial charge in [0.1, 0.15) is 5.75 Å². The van der Waals surface area contributed by atoms with Gasteiger partial charge in [-0.3, -0.25) is 4.90 Å². The molecule has 2 heterocycles. The second kappa shape index (κ2) is 7.66. The highest BCUT2D eigenvalue weighted by Crippen LogP contribution is 2.28. The average Bonchev–Trinajstić information content (AvgIpc) is 3.16. The molecule has 142 valence electrons. The Hall–Kier alpha value is -2.44. The molecule has 1 fully saturated rings. The van der Waals surface area contributed by atoms with Crippen molar-refractivity contribution < 1.29 is 13.9 Å². The molecule has 0 radical (unpaired) electrons. The first-order chi connectivity index (χ1) is 13.1. The lowest BCUT2D eigenvalue weighted by molar-refractivity contribution is -0.0352. The molecule has 0 amide bonds. The Labute approximate surface area is 159 Å². The quantitative estimate of drug-likeness (QED) is 0.681. The molecule has 0 bridgehead atoms. The molecule has 1 aliphatic heterocycles. The summed E-state index contributed by atoms with van der Waals surface area (Å²) in [4.78, 5) is 2.31. The van der Waals surface area contributed by atoms with E-state index in [2.05, 4.69) is 59.3 Å². The first kappa shape index (κ1) is 17.9. The van der Waals surface area contributed by atoms with Crippen LogP contribution in [0.5, 0.6) is 5.75 Å². The van der Waals surface area contributed by atoms with E-state index >= 15 is 0 Å². The molecule has 0 N–H and O–H groups in total. The Morgan fingerprint density at radius 3 is 2.74 bits per heavy atom. The summed E-state index contributed by atoms with van der Waals surface area (Å²) in [5.74, 6) is 2.49. The summed E-state index contributed by atoms with van der Waals surface area (Å²) in [6, 6.07) is 12.6. The van der Waals surface area contributed by atoms with Crippen molar-refractivity contribution >= 4 is 10.8 Å². The topological polar surface area (TPSA) is 60.6 Å². The van der Waals surface area contributed by atoms with E-state index < -0.39 is 0 Å². The summed E-state index contributed by atoms with van der Waals surface area (Å²) < 4.78 is 17.1. The van der Waals surface area contributed by atoms with Crippen LogP contribution in [0, 0.1) is 0 Å². The Kier molecular flexibility index (Phi) is 5.09. The minimum absolute atomic E-state index is 0.0396. The highest BCUT2D eigenvalue weighted by molar-refractivity contribution is 5.84. The third kappa shape index (κ3) is 3.96. The number of methoxy groups -OCH3 is 1. The SMILES string of the molecule is COc1ccc2cc([C@@H]3CN(Cc4nnc(C(C)C)o4)CCO3)ccc2c1. The zero-order valence-electron chi connectivity index (χ0n) is 16.0. The average molecular weight is 367 g/mol. The first-order valence-corrected chi connectivity index (χ1v) is 9.36. The molecule has 0 saturated carbocycles. The predicted molar refractivity (Wildman–Crippen MR) is 103 cm³/mol. The zero-order chi connectivity index (χ0) is 18.8. The Morgan fingerprint density at radius 1 is 1.15 bits per heavy atom. The fourth-order valence-electron chi connectivity index (χ4n) is 3.37. The highest BCUT2D eigenvalue weighted by atomic mass is 16.5. The van der Waals surface area contributed by atoms with E-state index in [1.54, 1.807) is 7.11 Å². The summed E-state index contributed by atoms with van der Waals surface area (Å²) in [6.07, 6.45) is 0.0396.